The van der Waals surface area contributed by atoms with Crippen molar-refractivity contribution in [3.63, 3.8) is 0 Å². The van der Waals surface area contributed by atoms with Gasteiger partial charge in [0.05, 0.1) is 12.7 Å². The maximum Gasteiger partial charge on any atom is 0.323 e. The van der Waals surface area contributed by atoms with Crippen LogP contribution in [0.1, 0.15) is 51.4 Å². The molecule has 0 N–H and O–H groups in total. The van der Waals surface area contributed by atoms with Gasteiger partial charge < -0.3 is 9.47 Å². The number of esters is 1. The Kier molecular flexibility index (Phi) is 3.81. The number of likely N-dealkylation sites (tertiary alicyclic amines) is 1. The molecular weight excluding hydrogens is 242 g/mol. The molecule has 0 aromatic heterocycles. The molecule has 0 radical (unpaired) electrons. The van der Waals surface area contributed by atoms with E-state index in [0.717, 1.165) is 38.8 Å². The molecular formula is C15H25NO3. The van der Waals surface area contributed by atoms with Gasteiger partial charge >= 0.3 is 5.97 Å². The second-order valence-corrected chi connectivity index (χ2v) is 6.30. The highest BCUT2D eigenvalue weighted by Gasteiger charge is 2.44. The topological polar surface area (TPSA) is 38.8 Å². The van der Waals surface area contributed by atoms with Gasteiger partial charge in [-0.1, -0.05) is 12.8 Å². The van der Waals surface area contributed by atoms with Crippen LogP contribution in [0.5, 0.6) is 0 Å². The zero-order valence-electron chi connectivity index (χ0n) is 11.9. The summed E-state index contributed by atoms with van der Waals surface area (Å²) in [6, 6.07) is 0.505. The van der Waals surface area contributed by atoms with E-state index < -0.39 is 0 Å². The minimum absolute atomic E-state index is 0.00782. The lowest BCUT2D eigenvalue weighted by atomic mass is 9.88. The first kappa shape index (κ1) is 13.4. The Hall–Kier alpha value is -0.610. The molecule has 2 unspecified atom stereocenters. The Labute approximate surface area is 115 Å². The van der Waals surface area contributed by atoms with E-state index >= 15 is 0 Å². The summed E-state index contributed by atoms with van der Waals surface area (Å²) in [5, 5.41) is 0. The van der Waals surface area contributed by atoms with Gasteiger partial charge in [0.25, 0.3) is 0 Å². The molecule has 4 heteroatoms. The van der Waals surface area contributed by atoms with E-state index in [2.05, 4.69) is 4.90 Å². The van der Waals surface area contributed by atoms with Crippen molar-refractivity contribution in [3.05, 3.63) is 0 Å². The van der Waals surface area contributed by atoms with Gasteiger partial charge in [-0.25, -0.2) is 0 Å². The molecule has 1 aliphatic carbocycles. The lowest BCUT2D eigenvalue weighted by molar-refractivity contribution is -0.150. The Bertz CT molecular complexity index is 338. The van der Waals surface area contributed by atoms with Crippen molar-refractivity contribution in [3.8, 4) is 0 Å². The Morgan fingerprint density at radius 3 is 2.79 bits per heavy atom. The van der Waals surface area contributed by atoms with Crippen LogP contribution in [0.3, 0.4) is 0 Å². The summed E-state index contributed by atoms with van der Waals surface area (Å²) in [6.07, 6.45) is 9.26. The highest BCUT2D eigenvalue weighted by atomic mass is 16.5. The van der Waals surface area contributed by atoms with E-state index in [0.29, 0.717) is 6.04 Å². The predicted molar refractivity (Wildman–Crippen MR) is 71.9 cm³/mol. The van der Waals surface area contributed by atoms with Gasteiger partial charge in [0.15, 0.2) is 0 Å². The normalized spacial score (nSPS) is 34.8. The molecule has 2 aliphatic heterocycles. The molecule has 3 aliphatic rings. The number of carbonyl (C=O) groups excluding carboxylic acids is 1. The largest absolute Gasteiger partial charge is 0.468 e. The number of carbonyl (C=O) groups is 1. The lowest BCUT2D eigenvalue weighted by Crippen LogP contribution is -2.51. The summed E-state index contributed by atoms with van der Waals surface area (Å²) in [6.45, 7) is 1.90. The molecule has 0 amide bonds. The number of rotatable bonds is 2. The van der Waals surface area contributed by atoms with Crippen molar-refractivity contribution in [2.45, 2.75) is 69.1 Å². The average Bonchev–Trinajstić information content (AvgIpc) is 3.07. The van der Waals surface area contributed by atoms with Crippen molar-refractivity contribution in [2.24, 2.45) is 0 Å². The van der Waals surface area contributed by atoms with Crippen LogP contribution >= 0.6 is 0 Å². The van der Waals surface area contributed by atoms with Gasteiger partial charge in [0.1, 0.15) is 6.04 Å². The van der Waals surface area contributed by atoms with Crippen LogP contribution in [0.2, 0.25) is 0 Å². The van der Waals surface area contributed by atoms with Gasteiger partial charge in [-0.3, -0.25) is 9.69 Å². The van der Waals surface area contributed by atoms with E-state index in [1.807, 2.05) is 0 Å². The van der Waals surface area contributed by atoms with Crippen molar-refractivity contribution in [1.82, 2.24) is 4.90 Å². The van der Waals surface area contributed by atoms with Gasteiger partial charge in [0.2, 0.25) is 0 Å². The first-order valence-corrected chi connectivity index (χ1v) is 7.72. The van der Waals surface area contributed by atoms with E-state index in [9.17, 15) is 4.79 Å². The number of methoxy groups -OCH3 is 1. The summed E-state index contributed by atoms with van der Waals surface area (Å²) in [5.41, 5.74) is 0.131. The first-order chi connectivity index (χ1) is 9.24. The summed E-state index contributed by atoms with van der Waals surface area (Å²) in [7, 11) is 1.50. The fraction of sp³-hybridized carbons (Fsp3) is 0.933. The third kappa shape index (κ3) is 2.52. The van der Waals surface area contributed by atoms with Crippen molar-refractivity contribution < 1.29 is 14.3 Å². The van der Waals surface area contributed by atoms with Crippen molar-refractivity contribution in [1.29, 1.82) is 0 Å². The second-order valence-electron chi connectivity index (χ2n) is 6.30. The maximum atomic E-state index is 11.9. The number of hydrogen-bond acceptors (Lipinski definition) is 4. The molecule has 2 heterocycles. The maximum absolute atomic E-state index is 11.9. The van der Waals surface area contributed by atoms with Crippen LogP contribution in [0.25, 0.3) is 0 Å². The number of ether oxygens (including phenoxy) is 2. The minimum Gasteiger partial charge on any atom is -0.468 e. The second kappa shape index (κ2) is 5.41. The van der Waals surface area contributed by atoms with E-state index in [4.69, 9.17) is 9.47 Å². The molecule has 2 atom stereocenters. The molecule has 3 fully saturated rings. The summed E-state index contributed by atoms with van der Waals surface area (Å²) >= 11 is 0. The summed E-state index contributed by atoms with van der Waals surface area (Å²) in [5.74, 6) is -0.0514. The molecule has 3 rings (SSSR count). The molecule has 1 spiro atoms. The van der Waals surface area contributed by atoms with Gasteiger partial charge in [-0.2, -0.15) is 0 Å². The summed E-state index contributed by atoms with van der Waals surface area (Å²) in [4.78, 5) is 14.3. The smallest absolute Gasteiger partial charge is 0.323 e. The quantitative estimate of drug-likeness (QED) is 0.718. The molecule has 2 saturated heterocycles. The predicted octanol–water partition coefficient (Wildman–Crippen LogP) is 2.12. The van der Waals surface area contributed by atoms with E-state index in [1.165, 1.54) is 32.8 Å². The standard InChI is InChI=1S/C15H25NO3/c1-18-14(17)13-5-4-9-16(13)12-6-10-19-15(11-12)7-2-3-8-15/h12-13H,2-11H2,1H3. The molecule has 0 bridgehead atoms. The van der Waals surface area contributed by atoms with Crippen LogP contribution in [0, 0.1) is 0 Å². The Morgan fingerprint density at radius 1 is 1.26 bits per heavy atom. The lowest BCUT2D eigenvalue weighted by Gasteiger charge is -2.43. The van der Waals surface area contributed by atoms with Crippen LogP contribution in [-0.2, 0) is 14.3 Å². The van der Waals surface area contributed by atoms with Crippen LogP contribution in [0.4, 0.5) is 0 Å². The molecule has 0 aromatic rings. The molecule has 108 valence electrons. The van der Waals surface area contributed by atoms with E-state index in [1.54, 1.807) is 0 Å². The zero-order chi connectivity index (χ0) is 13.3. The van der Waals surface area contributed by atoms with Crippen LogP contribution in [-0.4, -0.2) is 48.8 Å². The molecule has 0 aromatic carbocycles. The Balaban J connectivity index is 1.69. The average molecular weight is 267 g/mol. The fourth-order valence-electron chi connectivity index (χ4n) is 4.27. The SMILES string of the molecule is COC(=O)C1CCCN1C1CCOC2(CCCC2)C1. The van der Waals surface area contributed by atoms with E-state index in [-0.39, 0.29) is 17.6 Å². The highest BCUT2D eigenvalue weighted by Crippen LogP contribution is 2.42. The highest BCUT2D eigenvalue weighted by molar-refractivity contribution is 5.76. The third-order valence-corrected chi connectivity index (χ3v) is 5.22. The molecule has 19 heavy (non-hydrogen) atoms. The molecule has 4 nitrogen and oxygen atoms in total. The minimum atomic E-state index is -0.0514. The van der Waals surface area contributed by atoms with Gasteiger partial charge in [-0.05, 0) is 45.1 Å². The van der Waals surface area contributed by atoms with Crippen molar-refractivity contribution >= 4 is 5.97 Å². The third-order valence-electron chi connectivity index (χ3n) is 5.22. The van der Waals surface area contributed by atoms with Crippen LogP contribution < -0.4 is 0 Å². The van der Waals surface area contributed by atoms with Gasteiger partial charge in [0, 0.05) is 12.6 Å². The van der Waals surface area contributed by atoms with Gasteiger partial charge in [-0.15, -0.1) is 0 Å². The zero-order valence-corrected chi connectivity index (χ0v) is 11.9. The number of nitrogens with zero attached hydrogens (tertiary/aromatic N) is 1. The van der Waals surface area contributed by atoms with Crippen LogP contribution in [0.15, 0.2) is 0 Å². The summed E-state index contributed by atoms with van der Waals surface area (Å²) < 4.78 is 11.1. The fourth-order valence-corrected chi connectivity index (χ4v) is 4.27. The van der Waals surface area contributed by atoms with Crippen molar-refractivity contribution in [2.75, 3.05) is 20.3 Å². The molecule has 1 saturated carbocycles. The Morgan fingerprint density at radius 2 is 2.05 bits per heavy atom. The first-order valence-electron chi connectivity index (χ1n) is 7.72. The monoisotopic (exact) mass is 267 g/mol. The number of hydrogen-bond donors (Lipinski definition) is 0.